The third-order valence-corrected chi connectivity index (χ3v) is 4.25. The first-order valence-corrected chi connectivity index (χ1v) is 7.94. The molecule has 4 aromatic rings. The first-order valence-electron chi connectivity index (χ1n) is 7.12. The molecule has 0 bridgehead atoms. The van der Waals surface area contributed by atoms with Gasteiger partial charge in [0.2, 0.25) is 10.7 Å². The Labute approximate surface area is 139 Å². The van der Waals surface area contributed by atoms with Gasteiger partial charge in [-0.1, -0.05) is 29.5 Å². The van der Waals surface area contributed by atoms with Crippen molar-refractivity contribution in [1.82, 2.24) is 14.6 Å². The number of nitrogens with zero attached hydrogens (tertiary/aromatic N) is 3. The number of aromatic nitrogens is 3. The number of hydrogen-bond acceptors (Lipinski definition) is 7. The standard InChI is InChI=1S/C16H11N3O4S/c1-9-6-14(20)19-16(17-9)24-13(18-19)8-22-15(21)12-7-10-4-2-3-5-11(10)23-12/h2-7H,8H2,1H3. The zero-order chi connectivity index (χ0) is 16.7. The third-order valence-electron chi connectivity index (χ3n) is 3.37. The minimum Gasteiger partial charge on any atom is -0.452 e. The quantitative estimate of drug-likeness (QED) is 0.532. The number of ether oxygens (including phenoxy) is 1. The SMILES string of the molecule is Cc1cc(=O)n2nc(COC(=O)c3cc4ccccc4o3)sc2n1. The van der Waals surface area contributed by atoms with E-state index in [2.05, 4.69) is 10.1 Å². The predicted octanol–water partition coefficient (Wildman–Crippen LogP) is 2.56. The van der Waals surface area contributed by atoms with Crippen LogP contribution in [0.25, 0.3) is 15.9 Å². The smallest absolute Gasteiger partial charge is 0.374 e. The average Bonchev–Trinajstić information content (AvgIpc) is 3.16. The third kappa shape index (κ3) is 2.56. The van der Waals surface area contributed by atoms with E-state index in [4.69, 9.17) is 9.15 Å². The maximum absolute atomic E-state index is 12.1. The van der Waals surface area contributed by atoms with Crippen LogP contribution in [0.15, 0.2) is 45.6 Å². The van der Waals surface area contributed by atoms with Crippen molar-refractivity contribution in [3.63, 3.8) is 0 Å². The molecule has 3 heterocycles. The maximum atomic E-state index is 12.1. The van der Waals surface area contributed by atoms with E-state index in [1.165, 1.54) is 21.9 Å². The Bertz CT molecular complexity index is 1090. The lowest BCUT2D eigenvalue weighted by Gasteiger charge is -1.98. The Morgan fingerprint density at radius 3 is 3.00 bits per heavy atom. The molecule has 0 fully saturated rings. The molecule has 0 saturated carbocycles. The Hall–Kier alpha value is -3.00. The van der Waals surface area contributed by atoms with Crippen LogP contribution in [0.1, 0.15) is 21.3 Å². The fourth-order valence-electron chi connectivity index (χ4n) is 2.30. The van der Waals surface area contributed by atoms with Crippen LogP contribution in [0.5, 0.6) is 0 Å². The highest BCUT2D eigenvalue weighted by atomic mass is 32.1. The fourth-order valence-corrected chi connectivity index (χ4v) is 3.16. The van der Waals surface area contributed by atoms with E-state index < -0.39 is 5.97 Å². The summed E-state index contributed by atoms with van der Waals surface area (Å²) in [5, 5.41) is 5.42. The minimum atomic E-state index is -0.582. The fraction of sp³-hybridized carbons (Fsp3) is 0.125. The molecule has 0 N–H and O–H groups in total. The van der Waals surface area contributed by atoms with E-state index in [0.29, 0.717) is 21.2 Å². The van der Waals surface area contributed by atoms with Gasteiger partial charge in [-0.25, -0.2) is 9.78 Å². The van der Waals surface area contributed by atoms with E-state index in [0.717, 1.165) is 5.39 Å². The van der Waals surface area contributed by atoms with E-state index in [1.54, 1.807) is 19.1 Å². The molecule has 1 aromatic carbocycles. The number of fused-ring (bicyclic) bond motifs is 2. The van der Waals surface area contributed by atoms with Gasteiger partial charge in [0.05, 0.1) is 0 Å². The molecule has 7 nitrogen and oxygen atoms in total. The monoisotopic (exact) mass is 341 g/mol. The topological polar surface area (TPSA) is 86.7 Å². The molecule has 120 valence electrons. The number of rotatable bonds is 3. The van der Waals surface area contributed by atoms with E-state index >= 15 is 0 Å². The van der Waals surface area contributed by atoms with Gasteiger partial charge in [0, 0.05) is 17.1 Å². The molecule has 0 spiro atoms. The van der Waals surface area contributed by atoms with Gasteiger partial charge in [-0.2, -0.15) is 9.61 Å². The number of aryl methyl sites for hydroxylation is 1. The summed E-state index contributed by atoms with van der Waals surface area (Å²) in [7, 11) is 0. The van der Waals surface area contributed by atoms with Crippen LogP contribution in [0.4, 0.5) is 0 Å². The lowest BCUT2D eigenvalue weighted by atomic mass is 10.2. The molecule has 0 aliphatic rings. The van der Waals surface area contributed by atoms with E-state index in [9.17, 15) is 9.59 Å². The zero-order valence-corrected chi connectivity index (χ0v) is 13.4. The second-order valence-electron chi connectivity index (χ2n) is 5.15. The molecule has 24 heavy (non-hydrogen) atoms. The second kappa shape index (κ2) is 5.57. The Balaban J connectivity index is 1.55. The molecule has 0 saturated heterocycles. The Morgan fingerprint density at radius 2 is 2.17 bits per heavy atom. The first-order chi connectivity index (χ1) is 11.6. The summed E-state index contributed by atoms with van der Waals surface area (Å²) in [5.41, 5.74) is 0.980. The number of carbonyl (C=O) groups is 1. The number of esters is 1. The maximum Gasteiger partial charge on any atom is 0.374 e. The molecule has 8 heteroatoms. The molecule has 0 amide bonds. The van der Waals surface area contributed by atoms with Crippen LogP contribution >= 0.6 is 11.3 Å². The van der Waals surface area contributed by atoms with Gasteiger partial charge in [-0.15, -0.1) is 0 Å². The Morgan fingerprint density at radius 1 is 1.33 bits per heavy atom. The van der Waals surface area contributed by atoms with Crippen LogP contribution in [0.2, 0.25) is 0 Å². The van der Waals surface area contributed by atoms with Gasteiger partial charge in [-0.3, -0.25) is 4.79 Å². The molecular formula is C16H11N3O4S. The first kappa shape index (κ1) is 14.6. The van der Waals surface area contributed by atoms with Crippen molar-refractivity contribution in [2.75, 3.05) is 0 Å². The molecule has 4 rings (SSSR count). The summed E-state index contributed by atoms with van der Waals surface area (Å²) in [6.45, 7) is 1.69. The zero-order valence-electron chi connectivity index (χ0n) is 12.6. The normalized spacial score (nSPS) is 11.2. The van der Waals surface area contributed by atoms with Crippen LogP contribution in [-0.4, -0.2) is 20.6 Å². The van der Waals surface area contributed by atoms with Crippen LogP contribution in [-0.2, 0) is 11.3 Å². The van der Waals surface area contributed by atoms with Crippen molar-refractivity contribution < 1.29 is 13.9 Å². The molecule has 3 aromatic heterocycles. The second-order valence-corrected chi connectivity index (χ2v) is 6.19. The van der Waals surface area contributed by atoms with Crippen LogP contribution < -0.4 is 5.56 Å². The van der Waals surface area contributed by atoms with E-state index in [1.807, 2.05) is 18.2 Å². The van der Waals surface area contributed by atoms with Gasteiger partial charge in [0.25, 0.3) is 5.56 Å². The summed E-state index contributed by atoms with van der Waals surface area (Å²) in [5.74, 6) is -0.453. The summed E-state index contributed by atoms with van der Waals surface area (Å²) in [6.07, 6.45) is 0. The summed E-state index contributed by atoms with van der Waals surface area (Å²) in [4.78, 5) is 28.6. The highest BCUT2D eigenvalue weighted by Gasteiger charge is 2.15. The van der Waals surface area contributed by atoms with Crippen molar-refractivity contribution in [2.24, 2.45) is 0 Å². The van der Waals surface area contributed by atoms with Gasteiger partial charge in [0.15, 0.2) is 5.01 Å². The molecule has 0 aliphatic carbocycles. The van der Waals surface area contributed by atoms with Crippen LogP contribution in [0, 0.1) is 6.92 Å². The van der Waals surface area contributed by atoms with Gasteiger partial charge < -0.3 is 9.15 Å². The Kier molecular flexibility index (Phi) is 3.39. The molecule has 0 radical (unpaired) electrons. The van der Waals surface area contributed by atoms with Crippen molar-refractivity contribution in [3.8, 4) is 0 Å². The minimum absolute atomic E-state index is 0.0532. The number of para-hydroxylation sites is 1. The van der Waals surface area contributed by atoms with Gasteiger partial charge in [0.1, 0.15) is 12.2 Å². The van der Waals surface area contributed by atoms with E-state index in [-0.39, 0.29) is 17.9 Å². The highest BCUT2D eigenvalue weighted by molar-refractivity contribution is 7.16. The van der Waals surface area contributed by atoms with Crippen molar-refractivity contribution in [1.29, 1.82) is 0 Å². The number of furan rings is 1. The molecule has 0 unspecified atom stereocenters. The van der Waals surface area contributed by atoms with Gasteiger partial charge >= 0.3 is 5.97 Å². The predicted molar refractivity (Wildman–Crippen MR) is 87.2 cm³/mol. The highest BCUT2D eigenvalue weighted by Crippen LogP contribution is 2.20. The van der Waals surface area contributed by atoms with Gasteiger partial charge in [-0.05, 0) is 19.1 Å². The number of hydrogen-bond donors (Lipinski definition) is 0. The van der Waals surface area contributed by atoms with Crippen molar-refractivity contribution >= 4 is 33.2 Å². The van der Waals surface area contributed by atoms with Crippen molar-refractivity contribution in [2.45, 2.75) is 13.5 Å². The lowest BCUT2D eigenvalue weighted by molar-refractivity contribution is 0.0437. The molecule has 0 aliphatic heterocycles. The largest absolute Gasteiger partial charge is 0.452 e. The molecule has 0 atom stereocenters. The summed E-state index contributed by atoms with van der Waals surface area (Å²) >= 11 is 1.20. The average molecular weight is 341 g/mol. The summed E-state index contributed by atoms with van der Waals surface area (Å²) < 4.78 is 11.9. The summed E-state index contributed by atoms with van der Waals surface area (Å²) in [6, 6.07) is 10.3. The molecular weight excluding hydrogens is 330 g/mol. The van der Waals surface area contributed by atoms with Crippen LogP contribution in [0.3, 0.4) is 0 Å². The number of carbonyl (C=O) groups excluding carboxylic acids is 1. The number of benzene rings is 1. The van der Waals surface area contributed by atoms with Crippen molar-refractivity contribution in [3.05, 3.63) is 63.2 Å². The lowest BCUT2D eigenvalue weighted by Crippen LogP contribution is -2.14.